The highest BCUT2D eigenvalue weighted by Gasteiger charge is 2.26. The quantitative estimate of drug-likeness (QED) is 0.669. The molecule has 0 aromatic heterocycles. The van der Waals surface area contributed by atoms with Gasteiger partial charge >= 0.3 is 12.0 Å². The summed E-state index contributed by atoms with van der Waals surface area (Å²) in [5.41, 5.74) is 2.21. The molecule has 1 N–H and O–H groups in total. The first-order valence-electron chi connectivity index (χ1n) is 6.99. The highest BCUT2D eigenvalue weighted by molar-refractivity contribution is 5.88. The van der Waals surface area contributed by atoms with Gasteiger partial charge in [-0.15, -0.1) is 6.58 Å². The van der Waals surface area contributed by atoms with E-state index in [1.807, 2.05) is 6.08 Å². The Balaban J connectivity index is 2.00. The number of nitrogens with zero attached hydrogens (tertiary/aromatic N) is 2. The van der Waals surface area contributed by atoms with Gasteiger partial charge in [0.05, 0.1) is 5.56 Å². The van der Waals surface area contributed by atoms with Gasteiger partial charge in [0.1, 0.15) is 0 Å². The molecule has 0 bridgehead atoms. The molecule has 1 aromatic rings. The third kappa shape index (κ3) is 3.42. The van der Waals surface area contributed by atoms with Gasteiger partial charge in [0.15, 0.2) is 0 Å². The maximum atomic E-state index is 12.3. The number of rotatable bonds is 5. The van der Waals surface area contributed by atoms with Gasteiger partial charge in [-0.25, -0.2) is 9.59 Å². The number of carboxylic acid groups (broad SMARTS) is 1. The zero-order valence-corrected chi connectivity index (χ0v) is 12.2. The van der Waals surface area contributed by atoms with E-state index in [-0.39, 0.29) is 11.6 Å². The molecular formula is C16H20N2O3. The smallest absolute Gasteiger partial charge is 0.335 e. The Morgan fingerprint density at radius 1 is 1.38 bits per heavy atom. The lowest BCUT2D eigenvalue weighted by atomic mass is 10.1. The molecule has 0 atom stereocenters. The molecule has 1 aliphatic heterocycles. The van der Waals surface area contributed by atoms with Crippen molar-refractivity contribution >= 4 is 12.0 Å². The van der Waals surface area contributed by atoms with E-state index in [9.17, 15) is 9.59 Å². The predicted molar refractivity (Wildman–Crippen MR) is 80.1 cm³/mol. The van der Waals surface area contributed by atoms with E-state index in [0.29, 0.717) is 19.6 Å². The predicted octanol–water partition coefficient (Wildman–Crippen LogP) is 2.72. The SMILES string of the molecule is C=CCCCN(C)C(=O)N1Cc2ccc(C(=O)O)cc2C1. The monoisotopic (exact) mass is 288 g/mol. The first-order valence-corrected chi connectivity index (χ1v) is 6.99. The maximum Gasteiger partial charge on any atom is 0.335 e. The van der Waals surface area contributed by atoms with Crippen molar-refractivity contribution in [1.29, 1.82) is 0 Å². The second-order valence-electron chi connectivity index (χ2n) is 5.28. The summed E-state index contributed by atoms with van der Waals surface area (Å²) in [6, 6.07) is 5.02. The van der Waals surface area contributed by atoms with Crippen LogP contribution in [0.25, 0.3) is 0 Å². The van der Waals surface area contributed by atoms with Gasteiger partial charge in [-0.2, -0.15) is 0 Å². The molecule has 0 spiro atoms. The van der Waals surface area contributed by atoms with E-state index >= 15 is 0 Å². The number of carbonyl (C=O) groups excluding carboxylic acids is 1. The summed E-state index contributed by atoms with van der Waals surface area (Å²) in [4.78, 5) is 26.8. The van der Waals surface area contributed by atoms with Crippen LogP contribution in [0.4, 0.5) is 4.79 Å². The van der Waals surface area contributed by atoms with Crippen molar-refractivity contribution in [2.24, 2.45) is 0 Å². The number of urea groups is 1. The summed E-state index contributed by atoms with van der Waals surface area (Å²) in [5.74, 6) is -0.941. The van der Waals surface area contributed by atoms with Crippen LogP contribution < -0.4 is 0 Å². The molecule has 2 amide bonds. The number of fused-ring (bicyclic) bond motifs is 1. The van der Waals surface area contributed by atoms with Crippen molar-refractivity contribution < 1.29 is 14.7 Å². The number of hydrogen-bond acceptors (Lipinski definition) is 2. The number of carbonyl (C=O) groups is 2. The van der Waals surface area contributed by atoms with Gasteiger partial charge in [-0.05, 0) is 36.1 Å². The summed E-state index contributed by atoms with van der Waals surface area (Å²) in [6.07, 6.45) is 3.63. The van der Waals surface area contributed by atoms with Crippen molar-refractivity contribution in [3.05, 3.63) is 47.5 Å². The summed E-state index contributed by atoms with van der Waals surface area (Å²) < 4.78 is 0. The number of aromatic carboxylic acids is 1. The van der Waals surface area contributed by atoms with Gasteiger partial charge in [-0.3, -0.25) is 0 Å². The minimum absolute atomic E-state index is 0.0212. The second-order valence-corrected chi connectivity index (χ2v) is 5.28. The van der Waals surface area contributed by atoms with Crippen molar-refractivity contribution in [2.75, 3.05) is 13.6 Å². The topological polar surface area (TPSA) is 60.9 Å². The minimum atomic E-state index is -0.941. The van der Waals surface area contributed by atoms with Gasteiger partial charge in [-0.1, -0.05) is 12.1 Å². The lowest BCUT2D eigenvalue weighted by Gasteiger charge is -2.24. The van der Waals surface area contributed by atoms with E-state index in [2.05, 4.69) is 6.58 Å². The third-order valence-corrected chi connectivity index (χ3v) is 3.67. The van der Waals surface area contributed by atoms with Crippen molar-refractivity contribution in [3.63, 3.8) is 0 Å². The maximum absolute atomic E-state index is 12.3. The van der Waals surface area contributed by atoms with Crippen molar-refractivity contribution in [2.45, 2.75) is 25.9 Å². The third-order valence-electron chi connectivity index (χ3n) is 3.67. The van der Waals surface area contributed by atoms with E-state index in [1.54, 1.807) is 35.0 Å². The summed E-state index contributed by atoms with van der Waals surface area (Å²) in [5, 5.41) is 9.00. The van der Waals surface area contributed by atoms with Gasteiger partial charge in [0, 0.05) is 26.7 Å². The molecule has 0 aliphatic carbocycles. The van der Waals surface area contributed by atoms with E-state index in [0.717, 1.165) is 24.0 Å². The van der Waals surface area contributed by atoms with Crippen LogP contribution in [-0.2, 0) is 13.1 Å². The second kappa shape index (κ2) is 6.43. The molecule has 0 saturated carbocycles. The molecule has 5 heteroatoms. The lowest BCUT2D eigenvalue weighted by molar-refractivity contribution is 0.0696. The van der Waals surface area contributed by atoms with Crippen LogP contribution >= 0.6 is 0 Å². The van der Waals surface area contributed by atoms with Crippen LogP contribution in [0, 0.1) is 0 Å². The lowest BCUT2D eigenvalue weighted by Crippen LogP contribution is -2.38. The molecule has 0 fully saturated rings. The van der Waals surface area contributed by atoms with Gasteiger partial charge in [0.2, 0.25) is 0 Å². The Bertz CT molecular complexity index is 569. The Morgan fingerprint density at radius 2 is 2.10 bits per heavy atom. The van der Waals surface area contributed by atoms with E-state index in [4.69, 9.17) is 5.11 Å². The molecule has 1 heterocycles. The fraction of sp³-hybridized carbons (Fsp3) is 0.375. The molecule has 1 aliphatic rings. The zero-order chi connectivity index (χ0) is 15.4. The molecule has 21 heavy (non-hydrogen) atoms. The molecule has 5 nitrogen and oxygen atoms in total. The number of hydrogen-bond donors (Lipinski definition) is 1. The fourth-order valence-corrected chi connectivity index (χ4v) is 2.47. The first kappa shape index (κ1) is 15.1. The van der Waals surface area contributed by atoms with Crippen LogP contribution in [0.15, 0.2) is 30.9 Å². The normalized spacial score (nSPS) is 12.9. The van der Waals surface area contributed by atoms with Crippen LogP contribution in [0.3, 0.4) is 0 Å². The Labute approximate surface area is 124 Å². The highest BCUT2D eigenvalue weighted by Crippen LogP contribution is 2.24. The molecule has 112 valence electrons. The van der Waals surface area contributed by atoms with Gasteiger partial charge in [0.25, 0.3) is 0 Å². The average molecular weight is 288 g/mol. The summed E-state index contributed by atoms with van der Waals surface area (Å²) in [6.45, 7) is 5.37. The average Bonchev–Trinajstić information content (AvgIpc) is 2.89. The molecule has 1 aromatic carbocycles. The molecule has 0 saturated heterocycles. The number of benzene rings is 1. The molecule has 0 unspecified atom stereocenters. The number of unbranched alkanes of at least 4 members (excludes halogenated alkanes) is 1. The first-order chi connectivity index (χ1) is 10.0. The Hall–Kier alpha value is -2.30. The fourth-order valence-electron chi connectivity index (χ4n) is 2.47. The Morgan fingerprint density at radius 3 is 2.76 bits per heavy atom. The Kier molecular flexibility index (Phi) is 4.62. The standard InChI is InChI=1S/C16H20N2O3/c1-3-4-5-8-17(2)16(21)18-10-13-7-6-12(15(19)20)9-14(13)11-18/h3,6-7,9H,1,4-5,8,10-11H2,2H3,(H,19,20). The van der Waals surface area contributed by atoms with Crippen LogP contribution in [0.1, 0.15) is 34.3 Å². The molecule has 2 rings (SSSR count). The summed E-state index contributed by atoms with van der Waals surface area (Å²) >= 11 is 0. The summed E-state index contributed by atoms with van der Waals surface area (Å²) in [7, 11) is 1.79. The van der Waals surface area contributed by atoms with Crippen LogP contribution in [-0.4, -0.2) is 40.5 Å². The number of allylic oxidation sites excluding steroid dienone is 1. The molecular weight excluding hydrogens is 268 g/mol. The molecule has 0 radical (unpaired) electrons. The van der Waals surface area contributed by atoms with Crippen LogP contribution in [0.2, 0.25) is 0 Å². The van der Waals surface area contributed by atoms with Gasteiger partial charge < -0.3 is 14.9 Å². The van der Waals surface area contributed by atoms with Crippen LogP contribution in [0.5, 0.6) is 0 Å². The zero-order valence-electron chi connectivity index (χ0n) is 12.2. The van der Waals surface area contributed by atoms with E-state index in [1.165, 1.54) is 0 Å². The van der Waals surface area contributed by atoms with Crippen molar-refractivity contribution in [1.82, 2.24) is 9.80 Å². The van der Waals surface area contributed by atoms with E-state index < -0.39 is 5.97 Å². The largest absolute Gasteiger partial charge is 0.478 e. The number of carboxylic acids is 1. The highest BCUT2D eigenvalue weighted by atomic mass is 16.4. The van der Waals surface area contributed by atoms with Crippen molar-refractivity contribution in [3.8, 4) is 0 Å². The minimum Gasteiger partial charge on any atom is -0.478 e. The number of amides is 2.